The molecule has 0 unspecified atom stereocenters. The van der Waals surface area contributed by atoms with Crippen LogP contribution in [0.5, 0.6) is 0 Å². The quantitative estimate of drug-likeness (QED) is 0.854. The Kier molecular flexibility index (Phi) is 3.79. The number of amides is 1. The molecular weight excluding hydrogens is 236 g/mol. The number of hydrogen-bond donors (Lipinski definition) is 2. The maximum absolute atomic E-state index is 11.8. The highest BCUT2D eigenvalue weighted by atomic mass is 32.1. The third kappa shape index (κ3) is 3.08. The Bertz CT molecular complexity index is 497. The molecule has 0 saturated carbocycles. The zero-order valence-electron chi connectivity index (χ0n) is 9.09. The molecule has 6 heteroatoms. The zero-order chi connectivity index (χ0) is 12.1. The first-order chi connectivity index (χ1) is 8.29. The fraction of sp³-hybridized carbons (Fsp3) is 0.182. The minimum Gasteiger partial charge on any atom is -0.330 e. The van der Waals surface area contributed by atoms with Crippen LogP contribution in [0.3, 0.4) is 0 Å². The average Bonchev–Trinajstić information content (AvgIpc) is 2.79. The summed E-state index contributed by atoms with van der Waals surface area (Å²) < 4.78 is 0. The molecular formula is C11H12N4OS. The summed E-state index contributed by atoms with van der Waals surface area (Å²) in [7, 11) is 0. The molecule has 0 saturated heterocycles. The molecule has 0 bridgehead atoms. The molecule has 0 atom stereocenters. The Labute approximate surface area is 103 Å². The average molecular weight is 248 g/mol. The molecule has 0 aliphatic rings. The van der Waals surface area contributed by atoms with E-state index in [1.807, 2.05) is 6.07 Å². The van der Waals surface area contributed by atoms with E-state index in [-0.39, 0.29) is 5.91 Å². The number of nitrogens with one attached hydrogen (secondary N) is 1. The monoisotopic (exact) mass is 248 g/mol. The highest BCUT2D eigenvalue weighted by Gasteiger charge is 2.10. The first-order valence-corrected chi connectivity index (χ1v) is 6.04. The van der Waals surface area contributed by atoms with Gasteiger partial charge in [0.1, 0.15) is 11.5 Å². The molecule has 0 radical (unpaired) electrons. The van der Waals surface area contributed by atoms with Crippen LogP contribution < -0.4 is 11.1 Å². The van der Waals surface area contributed by atoms with Gasteiger partial charge in [0.15, 0.2) is 0 Å². The molecule has 2 heterocycles. The lowest BCUT2D eigenvalue weighted by molar-refractivity contribution is 0.102. The smallest absolute Gasteiger partial charge is 0.276 e. The number of anilines is 1. The van der Waals surface area contributed by atoms with Crippen LogP contribution in [0.2, 0.25) is 0 Å². The Morgan fingerprint density at radius 1 is 1.47 bits per heavy atom. The topological polar surface area (TPSA) is 80.9 Å². The molecule has 0 aromatic carbocycles. The molecule has 3 N–H and O–H groups in total. The van der Waals surface area contributed by atoms with Gasteiger partial charge in [-0.05, 0) is 18.7 Å². The summed E-state index contributed by atoms with van der Waals surface area (Å²) in [5, 5.41) is 5.28. The van der Waals surface area contributed by atoms with E-state index < -0.39 is 0 Å². The van der Waals surface area contributed by atoms with Crippen LogP contribution in [-0.2, 0) is 6.42 Å². The molecule has 1 amide bonds. The summed E-state index contributed by atoms with van der Waals surface area (Å²) in [6, 6.07) is 5.33. The van der Waals surface area contributed by atoms with Crippen LogP contribution in [-0.4, -0.2) is 22.4 Å². The van der Waals surface area contributed by atoms with E-state index in [1.54, 1.807) is 23.7 Å². The van der Waals surface area contributed by atoms with Gasteiger partial charge in [0.05, 0.1) is 5.01 Å². The Hall–Kier alpha value is -1.79. The van der Waals surface area contributed by atoms with Crippen molar-refractivity contribution >= 4 is 23.1 Å². The Balaban J connectivity index is 2.04. The zero-order valence-corrected chi connectivity index (χ0v) is 9.91. The van der Waals surface area contributed by atoms with Crippen LogP contribution in [0.15, 0.2) is 29.8 Å². The van der Waals surface area contributed by atoms with Gasteiger partial charge in [0.25, 0.3) is 5.91 Å². The van der Waals surface area contributed by atoms with Crippen molar-refractivity contribution in [2.24, 2.45) is 5.73 Å². The summed E-state index contributed by atoms with van der Waals surface area (Å²) in [5.74, 6) is 0.272. The lowest BCUT2D eigenvalue weighted by atomic mass is 10.4. The second kappa shape index (κ2) is 5.51. The highest BCUT2D eigenvalue weighted by molar-refractivity contribution is 7.09. The molecule has 2 rings (SSSR count). The van der Waals surface area contributed by atoms with E-state index in [9.17, 15) is 4.79 Å². The highest BCUT2D eigenvalue weighted by Crippen LogP contribution is 2.11. The number of pyridine rings is 1. The van der Waals surface area contributed by atoms with E-state index in [4.69, 9.17) is 5.73 Å². The molecule has 17 heavy (non-hydrogen) atoms. The van der Waals surface area contributed by atoms with Crippen LogP contribution in [0, 0.1) is 0 Å². The summed E-state index contributed by atoms with van der Waals surface area (Å²) >= 11 is 1.44. The lowest BCUT2D eigenvalue weighted by Crippen LogP contribution is -2.13. The largest absolute Gasteiger partial charge is 0.330 e. The SMILES string of the molecule is NCCc1nc(C(=O)Nc2ccccn2)cs1. The molecule has 88 valence electrons. The minimum atomic E-state index is -0.247. The molecule has 0 spiro atoms. The number of hydrogen-bond acceptors (Lipinski definition) is 5. The number of nitrogens with two attached hydrogens (primary N) is 1. The molecule has 0 aliphatic heterocycles. The van der Waals surface area contributed by atoms with E-state index in [0.717, 1.165) is 5.01 Å². The van der Waals surface area contributed by atoms with Crippen LogP contribution in [0.4, 0.5) is 5.82 Å². The van der Waals surface area contributed by atoms with Gasteiger partial charge in [-0.1, -0.05) is 6.07 Å². The molecule has 0 fully saturated rings. The maximum atomic E-state index is 11.8. The van der Waals surface area contributed by atoms with Gasteiger partial charge in [-0.3, -0.25) is 4.79 Å². The third-order valence-electron chi connectivity index (χ3n) is 2.05. The first kappa shape index (κ1) is 11.7. The fourth-order valence-corrected chi connectivity index (χ4v) is 2.06. The predicted octanol–water partition coefficient (Wildman–Crippen LogP) is 1.29. The van der Waals surface area contributed by atoms with E-state index >= 15 is 0 Å². The predicted molar refractivity (Wildman–Crippen MR) is 67.1 cm³/mol. The van der Waals surface area contributed by atoms with E-state index in [0.29, 0.717) is 24.5 Å². The van der Waals surface area contributed by atoms with Crippen LogP contribution >= 0.6 is 11.3 Å². The van der Waals surface area contributed by atoms with Crippen molar-refractivity contribution in [2.45, 2.75) is 6.42 Å². The molecule has 2 aromatic rings. The van der Waals surface area contributed by atoms with Crippen molar-refractivity contribution in [2.75, 3.05) is 11.9 Å². The van der Waals surface area contributed by atoms with Crippen LogP contribution in [0.1, 0.15) is 15.5 Å². The van der Waals surface area contributed by atoms with Gasteiger partial charge in [0, 0.05) is 18.0 Å². The third-order valence-corrected chi connectivity index (χ3v) is 2.96. The van der Waals surface area contributed by atoms with Crippen molar-refractivity contribution in [3.05, 3.63) is 40.5 Å². The number of thiazole rings is 1. The number of carbonyl (C=O) groups is 1. The second-order valence-corrected chi connectivity index (χ2v) is 4.28. The fourth-order valence-electron chi connectivity index (χ4n) is 1.27. The van der Waals surface area contributed by atoms with Gasteiger partial charge in [-0.2, -0.15) is 0 Å². The number of carbonyl (C=O) groups excluding carboxylic acids is 1. The lowest BCUT2D eigenvalue weighted by Gasteiger charge is -2.00. The Morgan fingerprint density at radius 2 is 2.35 bits per heavy atom. The number of nitrogens with zero attached hydrogens (tertiary/aromatic N) is 2. The summed E-state index contributed by atoms with van der Waals surface area (Å²) in [4.78, 5) is 20.0. The summed E-state index contributed by atoms with van der Waals surface area (Å²) in [5.41, 5.74) is 5.83. The second-order valence-electron chi connectivity index (χ2n) is 3.33. The number of rotatable bonds is 4. The first-order valence-electron chi connectivity index (χ1n) is 5.16. The summed E-state index contributed by atoms with van der Waals surface area (Å²) in [6.07, 6.45) is 2.32. The molecule has 2 aromatic heterocycles. The van der Waals surface area contributed by atoms with Crippen molar-refractivity contribution in [1.82, 2.24) is 9.97 Å². The molecule has 0 aliphatic carbocycles. The van der Waals surface area contributed by atoms with Gasteiger partial charge in [-0.15, -0.1) is 11.3 Å². The molecule has 5 nitrogen and oxygen atoms in total. The van der Waals surface area contributed by atoms with E-state index in [1.165, 1.54) is 11.3 Å². The normalized spacial score (nSPS) is 10.2. The van der Waals surface area contributed by atoms with Gasteiger partial charge < -0.3 is 11.1 Å². The standard InChI is InChI=1S/C11H12N4OS/c12-5-4-10-14-8(7-17-10)11(16)15-9-3-1-2-6-13-9/h1-3,6-7H,4-5,12H2,(H,13,15,16). The van der Waals surface area contributed by atoms with Gasteiger partial charge in [-0.25, -0.2) is 9.97 Å². The minimum absolute atomic E-state index is 0.247. The van der Waals surface area contributed by atoms with Gasteiger partial charge >= 0.3 is 0 Å². The Morgan fingerprint density at radius 3 is 3.06 bits per heavy atom. The number of aromatic nitrogens is 2. The maximum Gasteiger partial charge on any atom is 0.276 e. The van der Waals surface area contributed by atoms with Crippen molar-refractivity contribution in [3.8, 4) is 0 Å². The van der Waals surface area contributed by atoms with Crippen molar-refractivity contribution in [1.29, 1.82) is 0 Å². The van der Waals surface area contributed by atoms with Crippen molar-refractivity contribution < 1.29 is 4.79 Å². The van der Waals surface area contributed by atoms with E-state index in [2.05, 4.69) is 15.3 Å². The van der Waals surface area contributed by atoms with Crippen LogP contribution in [0.25, 0.3) is 0 Å². The van der Waals surface area contributed by atoms with Crippen molar-refractivity contribution in [3.63, 3.8) is 0 Å². The summed E-state index contributed by atoms with van der Waals surface area (Å²) in [6.45, 7) is 0.537. The van der Waals surface area contributed by atoms with Gasteiger partial charge in [0.2, 0.25) is 0 Å².